The molecule has 1 atom stereocenters. The van der Waals surface area contributed by atoms with Gasteiger partial charge in [-0.2, -0.15) is 0 Å². The van der Waals surface area contributed by atoms with E-state index in [0.29, 0.717) is 0 Å². The third-order valence-corrected chi connectivity index (χ3v) is 3.80. The summed E-state index contributed by atoms with van der Waals surface area (Å²) in [6, 6.07) is 10.3. The van der Waals surface area contributed by atoms with E-state index in [-0.39, 0.29) is 6.04 Å². The molecule has 0 spiro atoms. The van der Waals surface area contributed by atoms with Crippen LogP contribution in [-0.4, -0.2) is 9.55 Å². The molecule has 1 aromatic carbocycles. The minimum atomic E-state index is 0.0797. The number of H-pyrrole nitrogens is 1. The lowest BCUT2D eigenvalue weighted by Crippen LogP contribution is -2.06. The van der Waals surface area contributed by atoms with Crippen molar-refractivity contribution in [2.24, 2.45) is 0 Å². The summed E-state index contributed by atoms with van der Waals surface area (Å²) in [5.74, 6) is 1.85. The van der Waals surface area contributed by atoms with Crippen molar-refractivity contribution in [3.8, 4) is 0 Å². The highest BCUT2D eigenvalue weighted by Crippen LogP contribution is 2.27. The number of hydrogen-bond acceptors (Lipinski definition) is 2. The van der Waals surface area contributed by atoms with Crippen LogP contribution in [0.25, 0.3) is 11.0 Å². The molecular weight excluding hydrogens is 256 g/mol. The molecule has 0 saturated carbocycles. The summed E-state index contributed by atoms with van der Waals surface area (Å²) >= 11 is 5.46. The van der Waals surface area contributed by atoms with E-state index in [1.54, 1.807) is 0 Å². The van der Waals surface area contributed by atoms with Crippen molar-refractivity contribution in [1.29, 1.82) is 0 Å². The fraction of sp³-hybridized carbons (Fsp3) is 0.267. The molecular formula is C15H16N2OS. The molecule has 4 heteroatoms. The van der Waals surface area contributed by atoms with Gasteiger partial charge in [0.15, 0.2) is 4.77 Å². The smallest absolute Gasteiger partial charge is 0.178 e. The van der Waals surface area contributed by atoms with Gasteiger partial charge in [-0.15, -0.1) is 0 Å². The molecule has 0 radical (unpaired) electrons. The van der Waals surface area contributed by atoms with Gasteiger partial charge in [-0.3, -0.25) is 0 Å². The molecule has 3 nitrogen and oxygen atoms in total. The highest BCUT2D eigenvalue weighted by molar-refractivity contribution is 7.71. The Morgan fingerprint density at radius 3 is 2.68 bits per heavy atom. The molecule has 0 aliphatic carbocycles. The Bertz CT molecular complexity index is 794. The molecule has 0 bridgehead atoms. The second kappa shape index (κ2) is 4.38. The Kier molecular flexibility index (Phi) is 2.82. The van der Waals surface area contributed by atoms with Gasteiger partial charge in [-0.1, -0.05) is 12.1 Å². The quantitative estimate of drug-likeness (QED) is 0.696. The predicted molar refractivity (Wildman–Crippen MR) is 79.1 cm³/mol. The minimum Gasteiger partial charge on any atom is -0.464 e. The maximum atomic E-state index is 5.73. The molecule has 0 aliphatic heterocycles. The summed E-state index contributed by atoms with van der Waals surface area (Å²) in [7, 11) is 0. The zero-order valence-electron chi connectivity index (χ0n) is 11.2. The fourth-order valence-electron chi connectivity index (χ4n) is 2.53. The Hall–Kier alpha value is -1.81. The third-order valence-electron chi connectivity index (χ3n) is 3.50. The van der Waals surface area contributed by atoms with Crippen LogP contribution >= 0.6 is 12.2 Å². The van der Waals surface area contributed by atoms with E-state index in [2.05, 4.69) is 35.5 Å². The number of imidazole rings is 1. The van der Waals surface area contributed by atoms with Crippen molar-refractivity contribution in [3.05, 3.63) is 52.2 Å². The molecule has 0 saturated heterocycles. The molecule has 3 rings (SSSR count). The lowest BCUT2D eigenvalue weighted by molar-refractivity contribution is 0.431. The van der Waals surface area contributed by atoms with Crippen LogP contribution in [0, 0.1) is 18.6 Å². The SMILES string of the molecule is Cc1ccc(C(C)n2c(=S)[nH]c3cccc(C)c32)o1. The maximum Gasteiger partial charge on any atom is 0.178 e. The van der Waals surface area contributed by atoms with Gasteiger partial charge < -0.3 is 14.0 Å². The summed E-state index contributed by atoms with van der Waals surface area (Å²) < 4.78 is 8.58. The molecule has 0 fully saturated rings. The number of aryl methyl sites for hydroxylation is 2. The Balaban J connectivity index is 2.25. The van der Waals surface area contributed by atoms with Crippen molar-refractivity contribution >= 4 is 23.3 Å². The molecule has 19 heavy (non-hydrogen) atoms. The van der Waals surface area contributed by atoms with Gasteiger partial charge >= 0.3 is 0 Å². The molecule has 1 N–H and O–H groups in total. The van der Waals surface area contributed by atoms with E-state index in [4.69, 9.17) is 16.6 Å². The molecule has 0 aliphatic rings. The van der Waals surface area contributed by atoms with E-state index in [1.807, 2.05) is 25.1 Å². The first-order valence-electron chi connectivity index (χ1n) is 6.34. The highest BCUT2D eigenvalue weighted by Gasteiger charge is 2.16. The van der Waals surface area contributed by atoms with Gasteiger partial charge in [0.05, 0.1) is 17.1 Å². The number of nitrogens with one attached hydrogen (secondary N) is 1. The van der Waals surface area contributed by atoms with Crippen LogP contribution in [-0.2, 0) is 0 Å². The van der Waals surface area contributed by atoms with Crippen LogP contribution in [0.1, 0.15) is 30.0 Å². The van der Waals surface area contributed by atoms with E-state index in [9.17, 15) is 0 Å². The maximum absolute atomic E-state index is 5.73. The van der Waals surface area contributed by atoms with Gasteiger partial charge in [0.25, 0.3) is 0 Å². The van der Waals surface area contributed by atoms with Crippen LogP contribution in [0.15, 0.2) is 34.7 Å². The zero-order chi connectivity index (χ0) is 13.6. The Morgan fingerprint density at radius 1 is 1.21 bits per heavy atom. The van der Waals surface area contributed by atoms with Crippen molar-refractivity contribution in [2.75, 3.05) is 0 Å². The van der Waals surface area contributed by atoms with E-state index >= 15 is 0 Å². The molecule has 0 amide bonds. The molecule has 2 heterocycles. The van der Waals surface area contributed by atoms with Crippen molar-refractivity contribution in [1.82, 2.24) is 9.55 Å². The fourth-order valence-corrected chi connectivity index (χ4v) is 2.89. The lowest BCUT2D eigenvalue weighted by Gasteiger charge is -2.13. The first kappa shape index (κ1) is 12.2. The summed E-state index contributed by atoms with van der Waals surface area (Å²) in [6.07, 6.45) is 0. The summed E-state index contributed by atoms with van der Waals surface area (Å²) in [4.78, 5) is 3.26. The van der Waals surface area contributed by atoms with Crippen LogP contribution in [0.5, 0.6) is 0 Å². The van der Waals surface area contributed by atoms with E-state index < -0.39 is 0 Å². The predicted octanol–water partition coefficient (Wildman–Crippen LogP) is 4.52. The van der Waals surface area contributed by atoms with Gasteiger partial charge in [0, 0.05) is 0 Å². The number of nitrogens with zero attached hydrogens (tertiary/aromatic N) is 1. The largest absolute Gasteiger partial charge is 0.464 e. The molecule has 2 aromatic heterocycles. The topological polar surface area (TPSA) is 33.9 Å². The normalized spacial score (nSPS) is 13.0. The summed E-state index contributed by atoms with van der Waals surface area (Å²) in [5.41, 5.74) is 3.43. The van der Waals surface area contributed by atoms with Crippen LogP contribution in [0.4, 0.5) is 0 Å². The van der Waals surface area contributed by atoms with Gasteiger partial charge in [-0.25, -0.2) is 0 Å². The second-order valence-corrected chi connectivity index (χ2v) is 5.28. The van der Waals surface area contributed by atoms with Crippen molar-refractivity contribution < 1.29 is 4.42 Å². The number of para-hydroxylation sites is 1. The van der Waals surface area contributed by atoms with Crippen LogP contribution in [0.2, 0.25) is 0 Å². The number of aromatic amines is 1. The summed E-state index contributed by atoms with van der Waals surface area (Å²) in [5, 5.41) is 0. The van der Waals surface area contributed by atoms with E-state index in [1.165, 1.54) is 5.56 Å². The van der Waals surface area contributed by atoms with Crippen molar-refractivity contribution in [2.45, 2.75) is 26.8 Å². The first-order chi connectivity index (χ1) is 9.08. The Morgan fingerprint density at radius 2 is 2.00 bits per heavy atom. The first-order valence-corrected chi connectivity index (χ1v) is 6.75. The highest BCUT2D eigenvalue weighted by atomic mass is 32.1. The minimum absolute atomic E-state index is 0.0797. The lowest BCUT2D eigenvalue weighted by atomic mass is 10.2. The van der Waals surface area contributed by atoms with Gasteiger partial charge in [-0.05, 0) is 56.8 Å². The third kappa shape index (κ3) is 1.92. The average Bonchev–Trinajstić information content (AvgIpc) is 2.92. The number of fused-ring (bicyclic) bond motifs is 1. The van der Waals surface area contributed by atoms with Gasteiger partial charge in [0.1, 0.15) is 11.5 Å². The van der Waals surface area contributed by atoms with Crippen LogP contribution < -0.4 is 0 Å². The second-order valence-electron chi connectivity index (χ2n) is 4.90. The number of furan rings is 1. The zero-order valence-corrected chi connectivity index (χ0v) is 12.0. The van der Waals surface area contributed by atoms with E-state index in [0.717, 1.165) is 27.3 Å². The summed E-state index contributed by atoms with van der Waals surface area (Å²) in [6.45, 7) is 6.16. The van der Waals surface area contributed by atoms with Crippen LogP contribution in [0.3, 0.4) is 0 Å². The van der Waals surface area contributed by atoms with Crippen molar-refractivity contribution in [3.63, 3.8) is 0 Å². The average molecular weight is 272 g/mol. The monoisotopic (exact) mass is 272 g/mol. The standard InChI is InChI=1S/C15H16N2OS/c1-9-5-4-6-12-14(9)17(15(19)16-12)11(3)13-8-7-10(2)18-13/h4-8,11H,1-3H3,(H,16,19). The number of aromatic nitrogens is 2. The number of hydrogen-bond donors (Lipinski definition) is 1. The molecule has 1 unspecified atom stereocenters. The number of rotatable bonds is 2. The molecule has 98 valence electrons. The number of benzene rings is 1. The van der Waals surface area contributed by atoms with Gasteiger partial charge in [0.2, 0.25) is 0 Å². The Labute approximate surface area is 116 Å². The molecule has 3 aromatic rings.